The Morgan fingerprint density at radius 1 is 1.33 bits per heavy atom. The van der Waals surface area contributed by atoms with Crippen molar-refractivity contribution in [2.24, 2.45) is 7.05 Å². The van der Waals surface area contributed by atoms with Crippen molar-refractivity contribution in [3.63, 3.8) is 0 Å². The van der Waals surface area contributed by atoms with E-state index in [-0.39, 0.29) is 11.9 Å². The van der Waals surface area contributed by atoms with Gasteiger partial charge in [0, 0.05) is 25.6 Å². The number of hydrogen-bond acceptors (Lipinski definition) is 4. The van der Waals surface area contributed by atoms with E-state index in [0.29, 0.717) is 5.69 Å². The summed E-state index contributed by atoms with van der Waals surface area (Å²) in [5.74, 6) is 0.00454. The summed E-state index contributed by atoms with van der Waals surface area (Å²) >= 11 is 0. The standard InChI is InChI=1S/C9H9N5O/c1-14-7(3-6-12-14)8(15)13-9-10-4-2-5-11-9/h2-6H,1H3,(H,10,11,13,15). The van der Waals surface area contributed by atoms with Gasteiger partial charge in [-0.25, -0.2) is 9.97 Å². The molecule has 2 aromatic heterocycles. The van der Waals surface area contributed by atoms with Crippen molar-refractivity contribution in [1.82, 2.24) is 19.7 Å². The highest BCUT2D eigenvalue weighted by Crippen LogP contribution is 2.01. The summed E-state index contributed by atoms with van der Waals surface area (Å²) in [6.07, 6.45) is 4.68. The van der Waals surface area contributed by atoms with E-state index in [2.05, 4.69) is 20.4 Å². The molecule has 0 fully saturated rings. The second kappa shape index (κ2) is 3.87. The van der Waals surface area contributed by atoms with Gasteiger partial charge in [0.25, 0.3) is 5.91 Å². The highest BCUT2D eigenvalue weighted by molar-refractivity contribution is 6.01. The SMILES string of the molecule is Cn1nccc1C(=O)Nc1ncccn1. The largest absolute Gasteiger partial charge is 0.289 e. The van der Waals surface area contributed by atoms with Gasteiger partial charge in [0.1, 0.15) is 5.69 Å². The first-order chi connectivity index (χ1) is 7.27. The van der Waals surface area contributed by atoms with Gasteiger partial charge in [-0.05, 0) is 12.1 Å². The van der Waals surface area contributed by atoms with E-state index in [1.54, 1.807) is 37.8 Å². The van der Waals surface area contributed by atoms with Gasteiger partial charge in [0.2, 0.25) is 5.95 Å². The molecule has 0 spiro atoms. The fourth-order valence-electron chi connectivity index (χ4n) is 1.13. The minimum Gasteiger partial charge on any atom is -0.289 e. The molecule has 76 valence electrons. The summed E-state index contributed by atoms with van der Waals surface area (Å²) in [5, 5.41) is 6.46. The van der Waals surface area contributed by atoms with Crippen LogP contribution < -0.4 is 5.32 Å². The molecule has 0 saturated heterocycles. The monoisotopic (exact) mass is 203 g/mol. The molecule has 1 N–H and O–H groups in total. The number of carbonyl (C=O) groups excluding carboxylic acids is 1. The molecular formula is C9H9N5O. The van der Waals surface area contributed by atoms with Crippen LogP contribution in [-0.2, 0) is 7.05 Å². The third-order valence-corrected chi connectivity index (χ3v) is 1.84. The molecule has 0 aliphatic carbocycles. The van der Waals surface area contributed by atoms with Gasteiger partial charge >= 0.3 is 0 Å². The highest BCUT2D eigenvalue weighted by Gasteiger charge is 2.10. The summed E-state index contributed by atoms with van der Waals surface area (Å²) in [4.78, 5) is 19.4. The number of rotatable bonds is 2. The van der Waals surface area contributed by atoms with Crippen LogP contribution in [-0.4, -0.2) is 25.7 Å². The number of nitrogens with one attached hydrogen (secondary N) is 1. The molecule has 0 bridgehead atoms. The third-order valence-electron chi connectivity index (χ3n) is 1.84. The lowest BCUT2D eigenvalue weighted by Crippen LogP contribution is -2.17. The Morgan fingerprint density at radius 3 is 2.67 bits per heavy atom. The molecule has 2 aromatic rings. The quantitative estimate of drug-likeness (QED) is 0.769. The van der Waals surface area contributed by atoms with Crippen LogP contribution >= 0.6 is 0 Å². The van der Waals surface area contributed by atoms with Crippen LogP contribution in [0.15, 0.2) is 30.7 Å². The van der Waals surface area contributed by atoms with E-state index in [1.165, 1.54) is 4.68 Å². The molecule has 1 amide bonds. The van der Waals surface area contributed by atoms with E-state index < -0.39 is 0 Å². The van der Waals surface area contributed by atoms with Crippen molar-refractivity contribution in [2.75, 3.05) is 5.32 Å². The zero-order valence-electron chi connectivity index (χ0n) is 8.08. The van der Waals surface area contributed by atoms with Gasteiger partial charge in [0.05, 0.1) is 0 Å². The Labute approximate surface area is 86.0 Å². The normalized spacial score (nSPS) is 9.93. The molecule has 0 unspecified atom stereocenters. The van der Waals surface area contributed by atoms with Crippen LogP contribution in [0.2, 0.25) is 0 Å². The lowest BCUT2D eigenvalue weighted by atomic mass is 10.4. The van der Waals surface area contributed by atoms with E-state index in [4.69, 9.17) is 0 Å². The molecule has 6 heteroatoms. The molecule has 15 heavy (non-hydrogen) atoms. The van der Waals surface area contributed by atoms with Gasteiger partial charge in [-0.3, -0.25) is 14.8 Å². The summed E-state index contributed by atoms with van der Waals surface area (Å²) in [6, 6.07) is 3.30. The fraction of sp³-hybridized carbons (Fsp3) is 0.111. The van der Waals surface area contributed by atoms with Crippen molar-refractivity contribution in [1.29, 1.82) is 0 Å². The first-order valence-corrected chi connectivity index (χ1v) is 4.34. The number of hydrogen-bond donors (Lipinski definition) is 1. The van der Waals surface area contributed by atoms with Crippen LogP contribution in [0.1, 0.15) is 10.5 Å². The smallest absolute Gasteiger partial charge is 0.276 e. The molecular weight excluding hydrogens is 194 g/mol. The summed E-state index contributed by atoms with van der Waals surface area (Å²) < 4.78 is 1.48. The minimum absolute atomic E-state index is 0.277. The van der Waals surface area contributed by atoms with Crippen molar-refractivity contribution in [3.05, 3.63) is 36.4 Å². The van der Waals surface area contributed by atoms with Crippen LogP contribution in [0.25, 0.3) is 0 Å². The first-order valence-electron chi connectivity index (χ1n) is 4.34. The number of aryl methyl sites for hydroxylation is 1. The Balaban J connectivity index is 2.15. The molecule has 2 heterocycles. The lowest BCUT2D eigenvalue weighted by molar-refractivity contribution is 0.101. The van der Waals surface area contributed by atoms with Crippen molar-refractivity contribution in [2.45, 2.75) is 0 Å². The topological polar surface area (TPSA) is 72.7 Å². The maximum Gasteiger partial charge on any atom is 0.276 e. The second-order valence-corrected chi connectivity index (χ2v) is 2.87. The highest BCUT2D eigenvalue weighted by atomic mass is 16.2. The Bertz CT molecular complexity index is 464. The number of aromatic nitrogens is 4. The van der Waals surface area contributed by atoms with Crippen molar-refractivity contribution >= 4 is 11.9 Å². The molecule has 0 atom stereocenters. The van der Waals surface area contributed by atoms with Crippen molar-refractivity contribution < 1.29 is 4.79 Å². The van der Waals surface area contributed by atoms with E-state index in [0.717, 1.165) is 0 Å². The molecule has 0 aliphatic rings. The van der Waals surface area contributed by atoms with Gasteiger partial charge in [-0.2, -0.15) is 5.10 Å². The summed E-state index contributed by atoms with van der Waals surface area (Å²) in [7, 11) is 1.70. The van der Waals surface area contributed by atoms with E-state index >= 15 is 0 Å². The maximum absolute atomic E-state index is 11.6. The van der Waals surface area contributed by atoms with E-state index in [1.807, 2.05) is 0 Å². The van der Waals surface area contributed by atoms with Gasteiger partial charge in [-0.15, -0.1) is 0 Å². The van der Waals surface area contributed by atoms with Crippen LogP contribution in [0, 0.1) is 0 Å². The van der Waals surface area contributed by atoms with Crippen LogP contribution in [0.3, 0.4) is 0 Å². The van der Waals surface area contributed by atoms with Gasteiger partial charge < -0.3 is 0 Å². The Hall–Kier alpha value is -2.24. The number of amides is 1. The Kier molecular flexibility index (Phi) is 2.40. The average Bonchev–Trinajstić information content (AvgIpc) is 2.66. The molecule has 0 aliphatic heterocycles. The summed E-state index contributed by atoms with van der Waals surface area (Å²) in [5.41, 5.74) is 0.461. The molecule has 2 rings (SSSR count). The molecule has 0 aromatic carbocycles. The predicted octanol–water partition coefficient (Wildman–Crippen LogP) is 0.462. The lowest BCUT2D eigenvalue weighted by Gasteiger charge is -2.02. The van der Waals surface area contributed by atoms with Crippen molar-refractivity contribution in [3.8, 4) is 0 Å². The fourth-order valence-corrected chi connectivity index (χ4v) is 1.13. The first kappa shape index (κ1) is 9.32. The zero-order valence-corrected chi connectivity index (χ0v) is 8.08. The van der Waals surface area contributed by atoms with E-state index in [9.17, 15) is 4.79 Å². The Morgan fingerprint density at radius 2 is 2.07 bits per heavy atom. The maximum atomic E-state index is 11.6. The molecule has 6 nitrogen and oxygen atoms in total. The van der Waals surface area contributed by atoms with Crippen LogP contribution in [0.5, 0.6) is 0 Å². The zero-order chi connectivity index (χ0) is 10.7. The van der Waals surface area contributed by atoms with Crippen LogP contribution in [0.4, 0.5) is 5.95 Å². The number of carbonyl (C=O) groups is 1. The van der Waals surface area contributed by atoms with Gasteiger partial charge in [-0.1, -0.05) is 0 Å². The molecule has 0 radical (unpaired) electrons. The summed E-state index contributed by atoms with van der Waals surface area (Å²) in [6.45, 7) is 0. The molecule has 0 saturated carbocycles. The number of nitrogens with zero attached hydrogens (tertiary/aromatic N) is 4. The minimum atomic E-state index is -0.277. The van der Waals surface area contributed by atoms with Gasteiger partial charge in [0.15, 0.2) is 0 Å². The predicted molar refractivity (Wildman–Crippen MR) is 53.2 cm³/mol. The second-order valence-electron chi connectivity index (χ2n) is 2.87. The number of anilines is 1. The average molecular weight is 203 g/mol. The third kappa shape index (κ3) is 1.98.